The predicted molar refractivity (Wildman–Crippen MR) is 92.3 cm³/mol. The monoisotopic (exact) mass is 374 g/mol. The number of anilines is 1. The van der Waals surface area contributed by atoms with Gasteiger partial charge in [0.15, 0.2) is 0 Å². The number of hydrogen-bond acceptors (Lipinski definition) is 2. The van der Waals surface area contributed by atoms with Crippen LogP contribution in [0.3, 0.4) is 0 Å². The van der Waals surface area contributed by atoms with Gasteiger partial charge in [-0.25, -0.2) is 18.4 Å². The Hall–Kier alpha value is -2.09. The lowest BCUT2D eigenvalue weighted by molar-refractivity contribution is 0.151. The minimum atomic E-state index is -2.64. The van der Waals surface area contributed by atoms with Gasteiger partial charge in [-0.2, -0.15) is 0 Å². The number of likely N-dealkylation sites (tertiary alicyclic amines) is 1. The first-order valence-corrected chi connectivity index (χ1v) is 8.16. The van der Waals surface area contributed by atoms with E-state index < -0.39 is 12.5 Å². The van der Waals surface area contributed by atoms with Crippen molar-refractivity contribution >= 4 is 29.4 Å². The molecule has 1 aromatic rings. The van der Waals surface area contributed by atoms with Crippen LogP contribution in [-0.2, 0) is 0 Å². The maximum atomic E-state index is 12.8. The molecule has 0 spiro atoms. The van der Waals surface area contributed by atoms with Gasteiger partial charge < -0.3 is 20.0 Å². The summed E-state index contributed by atoms with van der Waals surface area (Å²) >= 11 is 5.97. The van der Waals surface area contributed by atoms with Crippen molar-refractivity contribution in [2.24, 2.45) is 0 Å². The van der Waals surface area contributed by atoms with Crippen LogP contribution in [0.1, 0.15) is 18.4 Å². The molecule has 9 heteroatoms. The fourth-order valence-corrected chi connectivity index (χ4v) is 2.85. The molecule has 138 valence electrons. The Bertz CT molecular complexity index is 657. The van der Waals surface area contributed by atoms with Crippen LogP contribution < -0.4 is 5.32 Å². The molecule has 0 radical (unpaired) electrons. The van der Waals surface area contributed by atoms with Gasteiger partial charge >= 0.3 is 12.1 Å². The highest BCUT2D eigenvalue weighted by molar-refractivity contribution is 6.33. The maximum absolute atomic E-state index is 12.8. The van der Waals surface area contributed by atoms with Gasteiger partial charge in [0.1, 0.15) is 0 Å². The van der Waals surface area contributed by atoms with Crippen molar-refractivity contribution in [3.8, 4) is 0 Å². The lowest BCUT2D eigenvalue weighted by Gasteiger charge is -2.27. The summed E-state index contributed by atoms with van der Waals surface area (Å²) in [5.41, 5.74) is -0.0686. The maximum Gasteiger partial charge on any atom is 0.321 e. The highest BCUT2D eigenvalue weighted by Gasteiger charge is 2.31. The predicted octanol–water partition coefficient (Wildman–Crippen LogP) is 3.50. The molecule has 1 aliphatic rings. The third-order valence-electron chi connectivity index (χ3n) is 4.17. The van der Waals surface area contributed by atoms with Crippen LogP contribution >= 0.6 is 11.6 Å². The molecule has 1 heterocycles. The van der Waals surface area contributed by atoms with Crippen LogP contribution in [0.2, 0.25) is 5.02 Å². The van der Waals surface area contributed by atoms with Crippen LogP contribution in [0, 0.1) is 0 Å². The molecule has 4 amide bonds. The minimum Gasteiger partial charge on any atom is -0.331 e. The number of nitrogens with one attached hydrogen (secondary N) is 1. The van der Waals surface area contributed by atoms with E-state index in [1.807, 2.05) is 0 Å². The molecule has 1 N–H and O–H groups in total. The average molecular weight is 375 g/mol. The van der Waals surface area contributed by atoms with Crippen LogP contribution in [0.25, 0.3) is 0 Å². The molecule has 6 nitrogen and oxygen atoms in total. The molecular formula is C16H21ClF2N4O2. The molecular weight excluding hydrogens is 354 g/mol. The van der Waals surface area contributed by atoms with Crippen molar-refractivity contribution < 1.29 is 18.4 Å². The van der Waals surface area contributed by atoms with Gasteiger partial charge in [-0.1, -0.05) is 17.7 Å². The molecule has 25 heavy (non-hydrogen) atoms. The van der Waals surface area contributed by atoms with Crippen molar-refractivity contribution in [3.05, 3.63) is 28.8 Å². The van der Waals surface area contributed by atoms with Gasteiger partial charge in [0, 0.05) is 39.8 Å². The summed E-state index contributed by atoms with van der Waals surface area (Å²) in [5, 5.41) is 2.76. The molecule has 0 aromatic heterocycles. The van der Waals surface area contributed by atoms with Gasteiger partial charge in [0.25, 0.3) is 6.43 Å². The molecule has 0 bridgehead atoms. The molecule has 1 saturated heterocycles. The molecule has 0 aliphatic carbocycles. The average Bonchev–Trinajstić information content (AvgIpc) is 3.05. The van der Waals surface area contributed by atoms with E-state index in [4.69, 9.17) is 11.6 Å². The number of rotatable bonds is 3. The van der Waals surface area contributed by atoms with E-state index in [0.717, 1.165) is 0 Å². The van der Waals surface area contributed by atoms with E-state index in [1.54, 1.807) is 26.0 Å². The number of alkyl halides is 2. The number of urea groups is 2. The van der Waals surface area contributed by atoms with E-state index in [1.165, 1.54) is 28.0 Å². The van der Waals surface area contributed by atoms with Crippen molar-refractivity contribution in [1.29, 1.82) is 0 Å². The number of carbonyl (C=O) groups is 2. The second-order valence-electron chi connectivity index (χ2n) is 6.15. The van der Waals surface area contributed by atoms with E-state index in [9.17, 15) is 18.4 Å². The van der Waals surface area contributed by atoms with Gasteiger partial charge in [0.2, 0.25) is 0 Å². The van der Waals surface area contributed by atoms with Crippen molar-refractivity contribution in [2.45, 2.75) is 18.9 Å². The molecule has 2 rings (SSSR count). The SMILES string of the molecule is CN(C)C(=O)N(C)C1CCN(C(=O)Nc2cc(C(F)F)ccc2Cl)C1. The molecule has 1 fully saturated rings. The molecule has 1 aliphatic heterocycles. The first-order chi connectivity index (χ1) is 11.7. The number of benzene rings is 1. The third kappa shape index (κ3) is 4.50. The summed E-state index contributed by atoms with van der Waals surface area (Å²) in [6, 6.07) is 3.05. The zero-order valence-corrected chi connectivity index (χ0v) is 15.1. The zero-order chi connectivity index (χ0) is 18.7. The topological polar surface area (TPSA) is 55.9 Å². The van der Waals surface area contributed by atoms with Crippen molar-refractivity contribution in [3.63, 3.8) is 0 Å². The molecule has 0 saturated carbocycles. The highest BCUT2D eigenvalue weighted by Crippen LogP contribution is 2.28. The van der Waals surface area contributed by atoms with Gasteiger partial charge in [-0.05, 0) is 18.6 Å². The normalized spacial score (nSPS) is 16.9. The summed E-state index contributed by atoms with van der Waals surface area (Å²) in [6.07, 6.45) is -2.00. The number of halogens is 3. The van der Waals surface area contributed by atoms with E-state index in [-0.39, 0.29) is 28.3 Å². The Kier molecular flexibility index (Phi) is 6.05. The Labute approximate surface area is 150 Å². The van der Waals surface area contributed by atoms with Crippen LogP contribution in [0.15, 0.2) is 18.2 Å². The van der Waals surface area contributed by atoms with Crippen molar-refractivity contribution in [1.82, 2.24) is 14.7 Å². The third-order valence-corrected chi connectivity index (χ3v) is 4.50. The smallest absolute Gasteiger partial charge is 0.321 e. The van der Waals surface area contributed by atoms with Gasteiger partial charge in [0.05, 0.1) is 16.8 Å². The Balaban J connectivity index is 2.01. The highest BCUT2D eigenvalue weighted by atomic mass is 35.5. The van der Waals surface area contributed by atoms with Crippen LogP contribution in [0.4, 0.5) is 24.1 Å². The zero-order valence-electron chi connectivity index (χ0n) is 14.3. The largest absolute Gasteiger partial charge is 0.331 e. The number of likely N-dealkylation sites (N-methyl/N-ethyl adjacent to an activating group) is 1. The fourth-order valence-electron chi connectivity index (χ4n) is 2.68. The summed E-state index contributed by atoms with van der Waals surface area (Å²) in [7, 11) is 5.02. The van der Waals surface area contributed by atoms with E-state index in [0.29, 0.717) is 19.5 Å². The number of amides is 4. The summed E-state index contributed by atoms with van der Waals surface area (Å²) < 4.78 is 25.6. The lowest BCUT2D eigenvalue weighted by atomic mass is 10.2. The van der Waals surface area contributed by atoms with Gasteiger partial charge in [-0.3, -0.25) is 0 Å². The summed E-state index contributed by atoms with van der Waals surface area (Å²) in [4.78, 5) is 29.0. The van der Waals surface area contributed by atoms with Crippen LogP contribution in [-0.4, -0.2) is 67.0 Å². The minimum absolute atomic E-state index is 0.0940. The Morgan fingerprint density at radius 1 is 1.32 bits per heavy atom. The lowest BCUT2D eigenvalue weighted by Crippen LogP contribution is -2.45. The molecule has 1 unspecified atom stereocenters. The number of hydrogen-bond donors (Lipinski definition) is 1. The summed E-state index contributed by atoms with van der Waals surface area (Å²) in [5.74, 6) is 0. The van der Waals surface area contributed by atoms with E-state index in [2.05, 4.69) is 5.32 Å². The molecule has 1 atom stereocenters. The quantitative estimate of drug-likeness (QED) is 0.880. The fraction of sp³-hybridized carbons (Fsp3) is 0.500. The second-order valence-corrected chi connectivity index (χ2v) is 6.55. The number of nitrogens with zero attached hydrogens (tertiary/aromatic N) is 3. The Morgan fingerprint density at radius 3 is 2.60 bits per heavy atom. The first kappa shape index (κ1) is 19.2. The standard InChI is InChI=1S/C16H21ClF2N4O2/c1-21(2)16(25)22(3)11-6-7-23(9-11)15(24)20-13-8-10(14(18)19)4-5-12(13)17/h4-5,8,11,14H,6-7,9H2,1-3H3,(H,20,24). The Morgan fingerprint density at radius 2 is 2.00 bits per heavy atom. The van der Waals surface area contributed by atoms with Gasteiger partial charge in [-0.15, -0.1) is 0 Å². The van der Waals surface area contributed by atoms with Crippen LogP contribution in [0.5, 0.6) is 0 Å². The first-order valence-electron chi connectivity index (χ1n) is 7.78. The summed E-state index contributed by atoms with van der Waals surface area (Å²) in [6.45, 7) is 0.835. The molecule has 1 aromatic carbocycles. The number of carbonyl (C=O) groups excluding carboxylic acids is 2. The van der Waals surface area contributed by atoms with E-state index >= 15 is 0 Å². The van der Waals surface area contributed by atoms with Crippen molar-refractivity contribution in [2.75, 3.05) is 39.5 Å². The second kappa shape index (κ2) is 7.86.